The van der Waals surface area contributed by atoms with E-state index in [-0.39, 0.29) is 131 Å². The molecule has 47 heteroatoms. The number of nitrogens with zero attached hydrogens (tertiary/aromatic N) is 5. The number of hydrogen-bond acceptors (Lipinski definition) is 26. The minimum absolute atomic E-state index is 0.0395. The normalized spacial score (nSPS) is 12.8. The number of aliphatic carboxylic acids is 4. The molecule has 626 valence electrons. The number of aromatic nitrogens is 4. The van der Waals surface area contributed by atoms with E-state index in [4.69, 9.17) is 5.73 Å². The molecule has 0 fully saturated rings. The summed E-state index contributed by atoms with van der Waals surface area (Å²) in [6.07, 6.45) is 6.45. The molecule has 3 aromatic rings. The maximum absolute atomic E-state index is 14.4. The number of carbonyl (C=O) groups excluding carboxylic acids is 13. The molecule has 0 saturated heterocycles. The Morgan fingerprint density at radius 3 is 1.26 bits per heavy atom. The van der Waals surface area contributed by atoms with Crippen molar-refractivity contribution in [2.24, 2.45) is 5.73 Å². The van der Waals surface area contributed by atoms with Crippen molar-refractivity contribution < 1.29 is 120 Å². The number of aromatic hydroxyl groups is 1. The molecule has 0 aliphatic rings. The lowest BCUT2D eigenvalue weighted by Crippen LogP contribution is -2.59. The highest BCUT2D eigenvalue weighted by Crippen LogP contribution is 2.15. The molecule has 0 bridgehead atoms. The van der Waals surface area contributed by atoms with Crippen LogP contribution in [-0.2, 0) is 110 Å². The molecule has 2 aromatic heterocycles. The van der Waals surface area contributed by atoms with E-state index >= 15 is 0 Å². The van der Waals surface area contributed by atoms with Gasteiger partial charge in [-0.2, -0.15) is 8.42 Å². The van der Waals surface area contributed by atoms with Gasteiger partial charge in [-0.05, 0) is 80.9 Å². The minimum Gasteiger partial charge on any atom is -0.508 e. The fourth-order valence-corrected chi connectivity index (χ4v) is 11.7. The molecule has 0 spiro atoms. The van der Waals surface area contributed by atoms with Crippen LogP contribution >= 0.6 is 10.8 Å². The molecule has 45 nitrogen and oxygen atoms in total. The summed E-state index contributed by atoms with van der Waals surface area (Å²) in [7, 11) is -5.24. The number of rotatable bonds is 59. The summed E-state index contributed by atoms with van der Waals surface area (Å²) in [5, 5.41) is 77.6. The molecule has 0 saturated carbocycles. The smallest absolute Gasteiger partial charge is 0.319 e. The average Bonchev–Trinajstić information content (AvgIpc) is 1.69. The molecule has 3 rings (SSSR count). The highest BCUT2D eigenvalue weighted by molar-refractivity contribution is 8.69. The van der Waals surface area contributed by atoms with Crippen LogP contribution < -0.4 is 69.5 Å². The van der Waals surface area contributed by atoms with Crippen LogP contribution in [0.25, 0.3) is 0 Å². The van der Waals surface area contributed by atoms with Crippen molar-refractivity contribution in [2.45, 2.75) is 134 Å². The molecular weight excluding hydrogens is 1540 g/mol. The molecule has 0 unspecified atom stereocenters. The van der Waals surface area contributed by atoms with Crippen molar-refractivity contribution in [3.05, 3.63) is 66.3 Å². The van der Waals surface area contributed by atoms with Crippen molar-refractivity contribution in [2.75, 3.05) is 104 Å². The van der Waals surface area contributed by atoms with Gasteiger partial charge in [-0.15, -0.1) is 0 Å². The third-order valence-electron chi connectivity index (χ3n) is 16.2. The number of aromatic amines is 2. The Kier molecular flexibility index (Phi) is 44.0. The van der Waals surface area contributed by atoms with E-state index in [9.17, 15) is 120 Å². The first kappa shape index (κ1) is 95.8. The standard InChI is InChI=1S/C66H100N20O25S2/c1-40(62(104)81-46(61(67)103)7-3-5-19-70-54(92)30-74-52(90)15-13-50(88)72-21-17-43-28-68-38-76-43)78-64(106)47(8-4-6-20-71-55(93)31-75-53(91)16-14-51(89)73-22-18-44-29-69-39-77-44)82-63(105)41(2)79-65(107)48(27-42-9-11-45(87)12-10-42)83-66(108)49(37-112-113(109,110)111)80-56(94)32-85(34-58(97)98)25-23-84(33-57(95)96)24-26-86(35-59(99)100)36-60(101)102/h9-12,28-29,38-41,46-49,87H,3-8,13-27,30-37H2,1-2H3,(H2,67,103)(H,68,76)(H,69,77)(H,70,92)(H,71,93)(H,72,88)(H,73,89)(H,74,90)(H,75,91)(H,78,106)(H,79,107)(H,80,94)(H,81,104)(H,82,105)(H,83,108)(H,95,96)(H,97,98)(H,99,100)(H,101,102)(H,109,110,111)/t40-,41-,46-,47-,48-,49+/m1/s1. The van der Waals surface area contributed by atoms with Crippen LogP contribution in [0.15, 0.2) is 49.3 Å². The number of hydrogen-bond donors (Lipinski definition) is 21. The number of carboxylic acids is 4. The molecular formula is C66H100N20O25S2. The fraction of sp³-hybridized carbons (Fsp3) is 0.561. The van der Waals surface area contributed by atoms with Gasteiger partial charge >= 0.3 is 33.0 Å². The number of primary amides is 1. The van der Waals surface area contributed by atoms with Crippen LogP contribution in [0, 0.1) is 0 Å². The number of H-pyrrole nitrogens is 2. The summed E-state index contributed by atoms with van der Waals surface area (Å²) in [6.45, 7) is -3.07. The summed E-state index contributed by atoms with van der Waals surface area (Å²) in [4.78, 5) is 234. The number of carbonyl (C=O) groups is 17. The van der Waals surface area contributed by atoms with Crippen LogP contribution in [0.2, 0.25) is 0 Å². The zero-order valence-corrected chi connectivity index (χ0v) is 63.8. The third-order valence-corrected chi connectivity index (χ3v) is 18.3. The summed E-state index contributed by atoms with van der Waals surface area (Å²) in [6, 6.07) is -4.56. The van der Waals surface area contributed by atoms with Gasteiger partial charge in [-0.3, -0.25) is 101 Å². The van der Waals surface area contributed by atoms with Gasteiger partial charge in [0.2, 0.25) is 76.8 Å². The van der Waals surface area contributed by atoms with E-state index < -0.39 is 205 Å². The molecule has 0 radical (unpaired) electrons. The second kappa shape index (κ2) is 51.9. The SMILES string of the molecule is C[C@@H](NC(=O)[C@@H](Cc1ccc(O)cc1)NC(=O)[C@H](CSS(=O)(=O)O)NC(=O)CN(CCN(CCN(CC(=O)O)CC(=O)O)CC(=O)O)CC(=O)O)C(=O)N[C@H](CCCCNC(=O)CNC(=O)CCC(=O)NCCc1cnc[nH]1)C(=O)N[C@H](C)C(=O)N[C@H](CCCCNC(=O)CNC(=O)CCC(=O)NCCc1cnc[nH]1)C(N)=O. The minimum atomic E-state index is -4.99. The van der Waals surface area contributed by atoms with E-state index in [1.54, 1.807) is 12.4 Å². The van der Waals surface area contributed by atoms with Gasteiger partial charge in [-0.25, -0.2) is 9.97 Å². The largest absolute Gasteiger partial charge is 0.508 e. The number of amides is 13. The Balaban J connectivity index is 1.76. The number of phenolic OH excluding ortho intramolecular Hbond substituents is 1. The molecule has 6 atom stereocenters. The first-order valence-corrected chi connectivity index (χ1v) is 38.5. The molecule has 0 aliphatic carbocycles. The van der Waals surface area contributed by atoms with Gasteiger partial charge in [0, 0.05) is 127 Å². The number of phenols is 1. The molecule has 0 aliphatic heterocycles. The summed E-state index contributed by atoms with van der Waals surface area (Å²) >= 11 is 0. The van der Waals surface area contributed by atoms with Gasteiger partial charge in [0.1, 0.15) is 42.0 Å². The number of benzene rings is 1. The van der Waals surface area contributed by atoms with E-state index in [2.05, 4.69) is 83.7 Å². The van der Waals surface area contributed by atoms with Crippen LogP contribution in [0.4, 0.5) is 0 Å². The fourth-order valence-electron chi connectivity index (χ4n) is 10.3. The highest BCUT2D eigenvalue weighted by Gasteiger charge is 2.33. The molecule has 13 amide bonds. The summed E-state index contributed by atoms with van der Waals surface area (Å²) < 4.78 is 33.8. The lowest BCUT2D eigenvalue weighted by Gasteiger charge is -2.28. The van der Waals surface area contributed by atoms with Crippen molar-refractivity contribution in [3.8, 4) is 5.75 Å². The monoisotopic (exact) mass is 1640 g/mol. The van der Waals surface area contributed by atoms with E-state index in [1.807, 2.05) is 0 Å². The van der Waals surface area contributed by atoms with E-state index in [0.717, 1.165) is 28.1 Å². The van der Waals surface area contributed by atoms with E-state index in [0.29, 0.717) is 19.4 Å². The third kappa shape index (κ3) is 44.3. The number of nitrogens with one attached hydrogen (secondary N) is 14. The first-order chi connectivity index (χ1) is 53.4. The molecule has 2 heterocycles. The Morgan fingerprint density at radius 2 is 0.832 bits per heavy atom. The summed E-state index contributed by atoms with van der Waals surface area (Å²) in [5.74, 6) is -17.5. The number of carboxylic acid groups (broad SMARTS) is 4. The predicted octanol–water partition coefficient (Wildman–Crippen LogP) is -7.32. The maximum atomic E-state index is 14.4. The second-order valence-electron chi connectivity index (χ2n) is 25.6. The zero-order chi connectivity index (χ0) is 84.0. The van der Waals surface area contributed by atoms with Crippen LogP contribution in [0.5, 0.6) is 5.75 Å². The lowest BCUT2D eigenvalue weighted by atomic mass is 10.0. The highest BCUT2D eigenvalue weighted by atomic mass is 33.1. The number of unbranched alkanes of at least 4 members (excludes halogenated alkanes) is 2. The van der Waals surface area contributed by atoms with Crippen molar-refractivity contribution >= 4 is 121 Å². The lowest BCUT2D eigenvalue weighted by molar-refractivity contribution is -0.143. The molecule has 113 heavy (non-hydrogen) atoms. The average molecular weight is 1640 g/mol. The summed E-state index contributed by atoms with van der Waals surface area (Å²) in [5.41, 5.74) is 7.48. The quantitative estimate of drug-likeness (QED) is 0.0142. The second-order valence-corrected chi connectivity index (χ2v) is 29.0. The predicted molar refractivity (Wildman–Crippen MR) is 397 cm³/mol. The molecule has 1 aromatic carbocycles. The Hall–Kier alpha value is -11.4. The van der Waals surface area contributed by atoms with Crippen molar-refractivity contribution in [1.29, 1.82) is 0 Å². The van der Waals surface area contributed by atoms with Gasteiger partial charge in [0.15, 0.2) is 0 Å². The number of nitrogens with two attached hydrogens (primary N) is 1. The first-order valence-electron chi connectivity index (χ1n) is 35.5. The van der Waals surface area contributed by atoms with Crippen LogP contribution in [0.1, 0.15) is 95.0 Å². The Bertz CT molecular complexity index is 3770. The van der Waals surface area contributed by atoms with Crippen molar-refractivity contribution in [3.63, 3.8) is 0 Å². The van der Waals surface area contributed by atoms with Gasteiger partial charge in [0.05, 0.1) is 58.5 Å². The zero-order valence-electron chi connectivity index (χ0n) is 62.2. The number of imidazole rings is 2. The maximum Gasteiger partial charge on any atom is 0.319 e. The Labute approximate surface area is 651 Å². The van der Waals surface area contributed by atoms with Gasteiger partial charge < -0.3 is 105 Å². The van der Waals surface area contributed by atoms with Crippen molar-refractivity contribution in [1.82, 2.24) is 98.4 Å². The van der Waals surface area contributed by atoms with Crippen LogP contribution in [0.3, 0.4) is 0 Å². The van der Waals surface area contributed by atoms with Gasteiger partial charge in [0.25, 0.3) is 0 Å². The molecule has 22 N–H and O–H groups in total. The Morgan fingerprint density at radius 1 is 0.451 bits per heavy atom. The van der Waals surface area contributed by atoms with E-state index in [1.165, 1.54) is 48.7 Å². The van der Waals surface area contributed by atoms with Crippen LogP contribution in [-0.4, -0.2) is 314 Å². The van der Waals surface area contributed by atoms with Gasteiger partial charge in [-0.1, -0.05) is 12.1 Å². The topological polar surface area (TPSA) is 683 Å².